The van der Waals surface area contributed by atoms with Crippen molar-refractivity contribution in [2.45, 2.75) is 32.5 Å². The average molecular weight is 132 g/mol. The average Bonchev–Trinajstić information content (AvgIpc) is 1.72. The zero-order chi connectivity index (χ0) is 5.70. The highest BCUT2D eigenvalue weighted by Gasteiger charge is 1.98. The van der Waals surface area contributed by atoms with Gasteiger partial charge in [0.2, 0.25) is 0 Å². The Morgan fingerprint density at radius 3 is 1.71 bits per heavy atom. The van der Waals surface area contributed by atoms with E-state index >= 15 is 0 Å². The van der Waals surface area contributed by atoms with Gasteiger partial charge in [0.05, 0.1) is 0 Å². The first kappa shape index (κ1) is 7.43. The maximum Gasteiger partial charge on any atom is 0.0233 e. The van der Waals surface area contributed by atoms with Crippen LogP contribution in [-0.4, -0.2) is 17.4 Å². The highest BCUT2D eigenvalue weighted by Crippen LogP contribution is 1.93. The normalized spacial score (nSPS) is 12.0. The first-order valence-electron chi connectivity index (χ1n) is 3.35. The smallest absolute Gasteiger partial charge is 0.0233 e. The van der Waals surface area contributed by atoms with Gasteiger partial charge in [0.1, 0.15) is 0 Å². The maximum atomic E-state index is 2.46. The fourth-order valence-corrected chi connectivity index (χ4v) is 6.06. The fraction of sp³-hybridized carbons (Fsp3) is 1.00. The Morgan fingerprint density at radius 1 is 1.29 bits per heavy atom. The topological polar surface area (TPSA) is 0 Å². The van der Waals surface area contributed by atoms with Gasteiger partial charge < -0.3 is 0 Å². The Balaban J connectivity index is 2.99. The Kier molecular flexibility index (Phi) is 4.87. The van der Waals surface area contributed by atoms with Crippen LogP contribution in [0.2, 0.25) is 18.6 Å². The van der Waals surface area contributed by atoms with Crippen LogP contribution in [0.5, 0.6) is 0 Å². The minimum Gasteiger partial charge on any atom is -0.0769 e. The zero-order valence-corrected chi connectivity index (χ0v) is 8.27. The molecule has 0 saturated carbocycles. The maximum absolute atomic E-state index is 2.46. The van der Waals surface area contributed by atoms with Gasteiger partial charge >= 0.3 is 0 Å². The molecule has 0 atom stereocenters. The lowest BCUT2D eigenvalue weighted by atomic mass is 11.0. The molecule has 0 fully saturated rings. The molecule has 2 heteroatoms. The molecule has 7 heavy (non-hydrogen) atoms. The summed E-state index contributed by atoms with van der Waals surface area (Å²) in [7, 11) is 0.434. The third-order valence-electron chi connectivity index (χ3n) is 1.73. The molecule has 0 aliphatic rings. The molecular formula is C5H16Si2. The fourth-order valence-electron chi connectivity index (χ4n) is 0.866. The molecule has 0 N–H and O–H groups in total. The lowest BCUT2D eigenvalue weighted by Gasteiger charge is -2.02. The van der Waals surface area contributed by atoms with Gasteiger partial charge in [-0.05, 0) is 0 Å². The monoisotopic (exact) mass is 132 g/mol. The number of hydrogen-bond acceptors (Lipinski definition) is 0. The Labute approximate surface area is 50.5 Å². The van der Waals surface area contributed by atoms with Crippen molar-refractivity contribution >= 4 is 17.4 Å². The molecule has 0 saturated heterocycles. The van der Waals surface area contributed by atoms with Crippen LogP contribution in [-0.2, 0) is 0 Å². The van der Waals surface area contributed by atoms with Crippen LogP contribution in [0.25, 0.3) is 0 Å². The first-order valence-corrected chi connectivity index (χ1v) is 9.66. The van der Waals surface area contributed by atoms with Gasteiger partial charge in [0.25, 0.3) is 0 Å². The molecule has 0 radical (unpaired) electrons. The molecule has 0 amide bonds. The van der Waals surface area contributed by atoms with Crippen LogP contribution < -0.4 is 0 Å². The first-order chi connectivity index (χ1) is 3.35. The van der Waals surface area contributed by atoms with E-state index in [2.05, 4.69) is 20.4 Å². The van der Waals surface area contributed by atoms with Crippen molar-refractivity contribution in [3.8, 4) is 0 Å². The predicted octanol–water partition coefficient (Wildman–Crippen LogP) is 0.967. The lowest BCUT2D eigenvalue weighted by Crippen LogP contribution is -2.15. The lowest BCUT2D eigenvalue weighted by molar-refractivity contribution is 1.35. The van der Waals surface area contributed by atoms with E-state index in [4.69, 9.17) is 0 Å². The number of rotatable bonds is 3. The summed E-state index contributed by atoms with van der Waals surface area (Å²) in [6.07, 6.45) is 0. The molecular weight excluding hydrogens is 116 g/mol. The molecule has 0 aliphatic heterocycles. The SMILES string of the molecule is CC[SiH](CC)[SiH2]C. The Morgan fingerprint density at radius 2 is 1.71 bits per heavy atom. The van der Waals surface area contributed by atoms with E-state index in [1.807, 2.05) is 0 Å². The second-order valence-corrected chi connectivity index (χ2v) is 12.2. The zero-order valence-electron chi connectivity index (χ0n) is 5.70. The molecule has 0 aromatic carbocycles. The summed E-state index contributed by atoms with van der Waals surface area (Å²) < 4.78 is 0. The Bertz CT molecular complexity index is 27.6. The second kappa shape index (κ2) is 4.59. The van der Waals surface area contributed by atoms with E-state index < -0.39 is 0 Å². The predicted molar refractivity (Wildman–Crippen MR) is 42.5 cm³/mol. The number of hydrogen-bond donors (Lipinski definition) is 0. The van der Waals surface area contributed by atoms with Crippen LogP contribution in [0, 0.1) is 0 Å². The van der Waals surface area contributed by atoms with Crippen LogP contribution in [0.15, 0.2) is 0 Å². The summed E-state index contributed by atoms with van der Waals surface area (Å²) >= 11 is 0. The van der Waals surface area contributed by atoms with E-state index in [9.17, 15) is 0 Å². The van der Waals surface area contributed by atoms with Gasteiger partial charge in [0, 0.05) is 17.4 Å². The minimum atomic E-state index is -0.0324. The summed E-state index contributed by atoms with van der Waals surface area (Å²) in [5, 5.41) is 0. The highest BCUT2D eigenvalue weighted by atomic mass is 29.2. The molecule has 0 aliphatic carbocycles. The van der Waals surface area contributed by atoms with E-state index in [0.29, 0.717) is 9.04 Å². The quantitative estimate of drug-likeness (QED) is 0.502. The summed E-state index contributed by atoms with van der Waals surface area (Å²) in [5.41, 5.74) is 0. The molecule has 0 aromatic heterocycles. The van der Waals surface area contributed by atoms with Crippen molar-refractivity contribution in [3.05, 3.63) is 0 Å². The summed E-state index contributed by atoms with van der Waals surface area (Å²) in [5.74, 6) is 0. The van der Waals surface area contributed by atoms with Crippen molar-refractivity contribution in [2.75, 3.05) is 0 Å². The standard InChI is InChI=1S/C5H16Si2/c1-4-7(5-2)6-3/h7H,4-6H2,1-3H3. The second-order valence-electron chi connectivity index (χ2n) is 2.09. The molecule has 0 nitrogen and oxygen atoms in total. The van der Waals surface area contributed by atoms with Gasteiger partial charge in [-0.3, -0.25) is 0 Å². The van der Waals surface area contributed by atoms with E-state index in [1.165, 1.54) is 0 Å². The minimum absolute atomic E-state index is 0.0324. The van der Waals surface area contributed by atoms with Gasteiger partial charge in [0.15, 0.2) is 0 Å². The highest BCUT2D eigenvalue weighted by molar-refractivity contribution is 7.11. The van der Waals surface area contributed by atoms with Gasteiger partial charge in [-0.2, -0.15) is 0 Å². The van der Waals surface area contributed by atoms with Crippen LogP contribution in [0.4, 0.5) is 0 Å². The molecule has 0 bridgehead atoms. The van der Waals surface area contributed by atoms with Crippen molar-refractivity contribution in [3.63, 3.8) is 0 Å². The summed E-state index contributed by atoms with van der Waals surface area (Å²) in [6, 6.07) is 3.11. The van der Waals surface area contributed by atoms with E-state index in [0.717, 1.165) is 0 Å². The molecule has 0 spiro atoms. The summed E-state index contributed by atoms with van der Waals surface area (Å²) in [6.45, 7) is 7.18. The van der Waals surface area contributed by atoms with Crippen LogP contribution in [0.3, 0.4) is 0 Å². The summed E-state index contributed by atoms with van der Waals surface area (Å²) in [4.78, 5) is 0. The molecule has 0 aromatic rings. The molecule has 0 heterocycles. The van der Waals surface area contributed by atoms with Gasteiger partial charge in [-0.15, -0.1) is 0 Å². The molecule has 44 valence electrons. The molecule has 0 unspecified atom stereocenters. The molecule has 0 rings (SSSR count). The van der Waals surface area contributed by atoms with E-state index in [-0.39, 0.29) is 8.31 Å². The van der Waals surface area contributed by atoms with Gasteiger partial charge in [-0.1, -0.05) is 32.5 Å². The largest absolute Gasteiger partial charge is 0.0769 e. The van der Waals surface area contributed by atoms with Crippen LogP contribution in [0.1, 0.15) is 13.8 Å². The van der Waals surface area contributed by atoms with Crippen molar-refractivity contribution in [1.29, 1.82) is 0 Å². The van der Waals surface area contributed by atoms with Crippen LogP contribution >= 0.6 is 0 Å². The van der Waals surface area contributed by atoms with Crippen molar-refractivity contribution in [1.82, 2.24) is 0 Å². The third-order valence-corrected chi connectivity index (χ3v) is 12.1. The Hall–Kier alpha value is 0.434. The third kappa shape index (κ3) is 3.06. The van der Waals surface area contributed by atoms with Crippen molar-refractivity contribution in [2.24, 2.45) is 0 Å². The van der Waals surface area contributed by atoms with E-state index in [1.54, 1.807) is 12.1 Å². The van der Waals surface area contributed by atoms with Gasteiger partial charge in [-0.25, -0.2) is 0 Å². The van der Waals surface area contributed by atoms with Crippen molar-refractivity contribution < 1.29 is 0 Å².